The summed E-state index contributed by atoms with van der Waals surface area (Å²) in [7, 11) is -7.52. The van der Waals surface area contributed by atoms with Gasteiger partial charge in [-0.05, 0) is 72.3 Å². The number of benzene rings is 3. The van der Waals surface area contributed by atoms with Gasteiger partial charge in [0.2, 0.25) is 16.0 Å². The third-order valence-electron chi connectivity index (χ3n) is 5.27. The molecule has 1 amide bonds. The van der Waals surface area contributed by atoms with Crippen molar-refractivity contribution in [1.82, 2.24) is 9.97 Å². The molecule has 0 saturated carbocycles. The van der Waals surface area contributed by atoms with Crippen LogP contribution >= 0.6 is 11.6 Å². The summed E-state index contributed by atoms with van der Waals surface area (Å²) in [4.78, 5) is 20.4. The summed E-state index contributed by atoms with van der Waals surface area (Å²) in [5.41, 5.74) is 1.80. The van der Waals surface area contributed by atoms with E-state index < -0.39 is 26.0 Å². The number of hydrogen-bond acceptors (Lipinski definition) is 7. The maximum Gasteiger partial charge on any atom is 0.264 e. The summed E-state index contributed by atoms with van der Waals surface area (Å²) in [5.74, 6) is -0.512. The van der Waals surface area contributed by atoms with Crippen LogP contribution in [0.3, 0.4) is 0 Å². The van der Waals surface area contributed by atoms with E-state index in [4.69, 9.17) is 11.6 Å². The van der Waals surface area contributed by atoms with Gasteiger partial charge in [-0.25, -0.2) is 31.5 Å². The number of carbonyl (C=O) groups excluding carboxylic acids is 1. The molecule has 2 N–H and O–H groups in total. The Hall–Kier alpha value is -4.00. The van der Waals surface area contributed by atoms with Crippen LogP contribution in [0.5, 0.6) is 0 Å². The van der Waals surface area contributed by atoms with E-state index in [1.807, 2.05) is 0 Å². The lowest BCUT2D eigenvalue weighted by atomic mass is 10.1. The average Bonchev–Trinajstić information content (AvgIpc) is 2.88. The molecule has 4 aromatic rings. The topological polar surface area (TPSA) is 138 Å². The van der Waals surface area contributed by atoms with Gasteiger partial charge >= 0.3 is 0 Å². The molecule has 0 aliphatic heterocycles. The monoisotopic (exact) mass is 571 g/mol. The fourth-order valence-electron chi connectivity index (χ4n) is 3.39. The van der Waals surface area contributed by atoms with Crippen molar-refractivity contribution >= 4 is 54.9 Å². The number of nitrogens with zero attached hydrogens (tertiary/aromatic N) is 3. The smallest absolute Gasteiger partial charge is 0.264 e. The fourth-order valence-corrected chi connectivity index (χ4v) is 5.36. The normalized spacial score (nSPS) is 11.5. The standard InChI is InChI=1S/C25H22ClN5O5S2/c1-37(33,34)31(17-18-3-7-20(26)8-4-18)22-11-5-19(6-12-22)24(32)29-21-9-13-23(14-10-21)38(35,36)30-25-27-15-2-16-28-25/h2-16H,17H2,1H3,(H,29,32)(H,27,28,30). The molecule has 0 atom stereocenters. The molecule has 0 unspecified atom stereocenters. The van der Waals surface area contributed by atoms with E-state index in [0.29, 0.717) is 16.4 Å². The highest BCUT2D eigenvalue weighted by molar-refractivity contribution is 7.92. The Labute approximate surface area is 225 Å². The van der Waals surface area contributed by atoms with Crippen molar-refractivity contribution in [1.29, 1.82) is 0 Å². The van der Waals surface area contributed by atoms with E-state index in [1.54, 1.807) is 42.5 Å². The Morgan fingerprint density at radius 1 is 0.868 bits per heavy atom. The minimum Gasteiger partial charge on any atom is -0.322 e. The molecule has 0 radical (unpaired) electrons. The van der Waals surface area contributed by atoms with Crippen LogP contribution in [0.25, 0.3) is 0 Å². The number of sulfonamides is 2. The van der Waals surface area contributed by atoms with Gasteiger partial charge in [0.05, 0.1) is 23.4 Å². The number of nitrogens with one attached hydrogen (secondary N) is 2. The van der Waals surface area contributed by atoms with Gasteiger partial charge in [0.1, 0.15) is 0 Å². The lowest BCUT2D eigenvalue weighted by molar-refractivity contribution is 0.102. The fraction of sp³-hybridized carbons (Fsp3) is 0.0800. The molecule has 13 heteroatoms. The van der Waals surface area contributed by atoms with Crippen LogP contribution < -0.4 is 14.3 Å². The minimum atomic E-state index is -3.91. The molecule has 38 heavy (non-hydrogen) atoms. The van der Waals surface area contributed by atoms with Gasteiger partial charge in [0, 0.05) is 28.7 Å². The van der Waals surface area contributed by atoms with E-state index in [9.17, 15) is 21.6 Å². The SMILES string of the molecule is CS(=O)(=O)N(Cc1ccc(Cl)cc1)c1ccc(C(=O)Nc2ccc(S(=O)(=O)Nc3ncccn3)cc2)cc1. The first-order valence-corrected chi connectivity index (χ1v) is 14.8. The third kappa shape index (κ3) is 6.85. The van der Waals surface area contributed by atoms with Crippen LogP contribution in [0, 0.1) is 0 Å². The highest BCUT2D eigenvalue weighted by Gasteiger charge is 2.19. The Bertz CT molecular complexity index is 1630. The molecule has 4 rings (SSSR count). The number of halogens is 1. The van der Waals surface area contributed by atoms with E-state index in [1.165, 1.54) is 53.1 Å². The molecule has 196 valence electrons. The predicted molar refractivity (Wildman–Crippen MR) is 146 cm³/mol. The first kappa shape index (κ1) is 27.0. The number of anilines is 3. The maximum absolute atomic E-state index is 12.7. The van der Waals surface area contributed by atoms with Crippen molar-refractivity contribution in [2.75, 3.05) is 20.6 Å². The Morgan fingerprint density at radius 2 is 1.47 bits per heavy atom. The van der Waals surface area contributed by atoms with Crippen LogP contribution in [0.15, 0.2) is 96.2 Å². The molecular formula is C25H22ClN5O5S2. The molecule has 0 aliphatic rings. The second-order valence-electron chi connectivity index (χ2n) is 8.10. The second-order valence-corrected chi connectivity index (χ2v) is 12.1. The minimum absolute atomic E-state index is 0.0335. The lowest BCUT2D eigenvalue weighted by Gasteiger charge is -2.23. The zero-order chi connectivity index (χ0) is 27.3. The van der Waals surface area contributed by atoms with Crippen LogP contribution in [-0.2, 0) is 26.6 Å². The van der Waals surface area contributed by atoms with E-state index in [-0.39, 0.29) is 23.0 Å². The van der Waals surface area contributed by atoms with Crippen LogP contribution in [-0.4, -0.2) is 39.0 Å². The van der Waals surface area contributed by atoms with E-state index >= 15 is 0 Å². The molecule has 0 aliphatic carbocycles. The van der Waals surface area contributed by atoms with E-state index in [2.05, 4.69) is 20.0 Å². The first-order valence-electron chi connectivity index (χ1n) is 11.0. The van der Waals surface area contributed by atoms with Crippen molar-refractivity contribution in [3.8, 4) is 0 Å². The van der Waals surface area contributed by atoms with Crippen LogP contribution in [0.4, 0.5) is 17.3 Å². The van der Waals surface area contributed by atoms with Gasteiger partial charge in [-0.15, -0.1) is 0 Å². The average molecular weight is 572 g/mol. The molecule has 10 nitrogen and oxygen atoms in total. The van der Waals surface area contributed by atoms with Crippen LogP contribution in [0.2, 0.25) is 5.02 Å². The quantitative estimate of drug-likeness (QED) is 0.308. The predicted octanol–water partition coefficient (Wildman–Crippen LogP) is 4.15. The lowest BCUT2D eigenvalue weighted by Crippen LogP contribution is -2.29. The molecule has 0 fully saturated rings. The largest absolute Gasteiger partial charge is 0.322 e. The summed E-state index contributed by atoms with van der Waals surface area (Å²) < 4.78 is 53.4. The second kappa shape index (κ2) is 11.2. The highest BCUT2D eigenvalue weighted by atomic mass is 35.5. The van der Waals surface area contributed by atoms with Gasteiger partial charge < -0.3 is 5.32 Å². The Morgan fingerprint density at radius 3 is 2.05 bits per heavy atom. The first-order chi connectivity index (χ1) is 18.0. The molecule has 0 bridgehead atoms. The highest BCUT2D eigenvalue weighted by Crippen LogP contribution is 2.23. The molecule has 0 saturated heterocycles. The summed E-state index contributed by atoms with van der Waals surface area (Å²) in [6, 6.07) is 20.1. The number of carbonyl (C=O) groups is 1. The number of hydrogen-bond donors (Lipinski definition) is 2. The zero-order valence-corrected chi connectivity index (χ0v) is 22.3. The third-order valence-corrected chi connectivity index (χ3v) is 8.01. The molecule has 1 aromatic heterocycles. The number of rotatable bonds is 9. The van der Waals surface area contributed by atoms with Gasteiger partial charge in [-0.3, -0.25) is 9.10 Å². The van der Waals surface area contributed by atoms with Gasteiger partial charge in [-0.2, -0.15) is 0 Å². The summed E-state index contributed by atoms with van der Waals surface area (Å²) in [6.45, 7) is 0.0993. The van der Waals surface area contributed by atoms with Crippen molar-refractivity contribution < 1.29 is 21.6 Å². The molecular weight excluding hydrogens is 550 g/mol. The van der Waals surface area contributed by atoms with E-state index in [0.717, 1.165) is 11.8 Å². The summed E-state index contributed by atoms with van der Waals surface area (Å²) in [6.07, 6.45) is 3.93. The molecule has 1 heterocycles. The van der Waals surface area contributed by atoms with Gasteiger partial charge in [0.15, 0.2) is 0 Å². The van der Waals surface area contributed by atoms with Crippen molar-refractivity contribution in [3.05, 3.63) is 107 Å². The number of aromatic nitrogens is 2. The van der Waals surface area contributed by atoms with Crippen molar-refractivity contribution in [2.24, 2.45) is 0 Å². The van der Waals surface area contributed by atoms with Crippen LogP contribution in [0.1, 0.15) is 15.9 Å². The Balaban J connectivity index is 1.44. The molecule has 0 spiro atoms. The molecule has 3 aromatic carbocycles. The van der Waals surface area contributed by atoms with Crippen molar-refractivity contribution in [3.63, 3.8) is 0 Å². The summed E-state index contributed by atoms with van der Waals surface area (Å²) >= 11 is 5.91. The Kier molecular flexibility index (Phi) is 7.95. The van der Waals surface area contributed by atoms with Gasteiger partial charge in [-0.1, -0.05) is 23.7 Å². The van der Waals surface area contributed by atoms with Gasteiger partial charge in [0.25, 0.3) is 15.9 Å². The van der Waals surface area contributed by atoms with Crippen molar-refractivity contribution in [2.45, 2.75) is 11.4 Å². The zero-order valence-electron chi connectivity index (χ0n) is 19.9. The summed E-state index contributed by atoms with van der Waals surface area (Å²) in [5, 5.41) is 3.23. The maximum atomic E-state index is 12.7. The number of amides is 1.